The second kappa shape index (κ2) is 10.3. The van der Waals surface area contributed by atoms with E-state index in [0.717, 1.165) is 26.2 Å². The summed E-state index contributed by atoms with van der Waals surface area (Å²) in [5.41, 5.74) is 0. The molecule has 3 nitrogen and oxygen atoms in total. The lowest BCUT2D eigenvalue weighted by Crippen LogP contribution is -2.43. The predicted octanol–water partition coefficient (Wildman–Crippen LogP) is 5.44. The van der Waals surface area contributed by atoms with Crippen LogP contribution in [0.4, 0.5) is 0 Å². The van der Waals surface area contributed by atoms with Gasteiger partial charge in [-0.3, -0.25) is 0 Å². The summed E-state index contributed by atoms with van der Waals surface area (Å²) in [7, 11) is -2.98. The van der Waals surface area contributed by atoms with Crippen molar-refractivity contribution < 1.29 is 13.6 Å². The molecule has 23 heavy (non-hydrogen) atoms. The maximum atomic E-state index is 6.69. The molecule has 0 N–H and O–H groups in total. The minimum Gasteiger partial charge on any atom is -0.417 e. The molecule has 1 fully saturated rings. The normalized spacial score (nSPS) is 22.7. The van der Waals surface area contributed by atoms with Crippen molar-refractivity contribution >= 4 is 16.6 Å². The van der Waals surface area contributed by atoms with E-state index >= 15 is 0 Å². The Morgan fingerprint density at radius 1 is 0.783 bits per heavy atom. The van der Waals surface area contributed by atoms with E-state index in [9.17, 15) is 0 Å². The van der Waals surface area contributed by atoms with Gasteiger partial charge in [0.05, 0.1) is 19.3 Å². The van der Waals surface area contributed by atoms with Crippen LogP contribution in [0.15, 0.2) is 0 Å². The third-order valence-corrected chi connectivity index (χ3v) is 15.7. The van der Waals surface area contributed by atoms with Gasteiger partial charge in [-0.1, -0.05) is 41.5 Å². The van der Waals surface area contributed by atoms with Crippen molar-refractivity contribution in [2.45, 2.75) is 90.3 Å². The number of rotatable bonds is 12. The van der Waals surface area contributed by atoms with Gasteiger partial charge < -0.3 is 13.6 Å². The molecular weight excluding hydrogens is 320 g/mol. The van der Waals surface area contributed by atoms with E-state index in [1.807, 2.05) is 0 Å². The molecular formula is C18H40O3Si2. The summed E-state index contributed by atoms with van der Waals surface area (Å²) in [6.45, 7) is 16.3. The number of hydrogen-bond donors (Lipinski definition) is 0. The minimum atomic E-state index is -1.53. The van der Waals surface area contributed by atoms with Gasteiger partial charge in [0.15, 0.2) is 16.6 Å². The molecule has 0 spiro atoms. The maximum Gasteiger partial charge on any atom is 0.192 e. The molecule has 1 heterocycles. The maximum absolute atomic E-state index is 6.69. The first-order valence-corrected chi connectivity index (χ1v) is 15.0. The van der Waals surface area contributed by atoms with Crippen LogP contribution in [0.3, 0.4) is 0 Å². The second-order valence-electron chi connectivity index (χ2n) is 7.08. The molecule has 1 rings (SSSR count). The fraction of sp³-hybridized carbons (Fsp3) is 1.00. The first-order valence-electron chi connectivity index (χ1n) is 9.93. The largest absolute Gasteiger partial charge is 0.417 e. The summed E-state index contributed by atoms with van der Waals surface area (Å²) < 4.78 is 18.9. The van der Waals surface area contributed by atoms with Crippen molar-refractivity contribution in [2.75, 3.05) is 19.8 Å². The highest BCUT2D eigenvalue weighted by molar-refractivity contribution is 6.74. The zero-order chi connectivity index (χ0) is 17.3. The van der Waals surface area contributed by atoms with Gasteiger partial charge >= 0.3 is 0 Å². The molecule has 0 aliphatic carbocycles. The average Bonchev–Trinajstić information content (AvgIpc) is 3.04. The van der Waals surface area contributed by atoms with E-state index in [1.54, 1.807) is 0 Å². The summed E-state index contributed by atoms with van der Waals surface area (Å²) >= 11 is 0. The standard InChI is InChI=1S/C18H40O3Si2/c1-7-22(8-2,9-3)20-14-13-17-15-19-16-18(17)21-23(10-4,11-5)12-6/h17-18H,7-16H2,1-6H3. The molecule has 1 saturated heterocycles. The van der Waals surface area contributed by atoms with Gasteiger partial charge in [0.25, 0.3) is 0 Å². The highest BCUT2D eigenvalue weighted by Gasteiger charge is 2.38. The summed E-state index contributed by atoms with van der Waals surface area (Å²) in [5.74, 6) is 0.531. The first kappa shape index (κ1) is 21.4. The van der Waals surface area contributed by atoms with E-state index in [-0.39, 0.29) is 0 Å². The Labute approximate surface area is 146 Å². The van der Waals surface area contributed by atoms with Crippen LogP contribution in [0.25, 0.3) is 0 Å². The summed E-state index contributed by atoms with van der Waals surface area (Å²) in [5, 5.41) is 0. The molecule has 0 bridgehead atoms. The van der Waals surface area contributed by atoms with Gasteiger partial charge in [-0.2, -0.15) is 0 Å². The van der Waals surface area contributed by atoms with E-state index < -0.39 is 16.6 Å². The lowest BCUT2D eigenvalue weighted by atomic mass is 10.0. The summed E-state index contributed by atoms with van der Waals surface area (Å²) in [4.78, 5) is 0. The fourth-order valence-corrected chi connectivity index (χ4v) is 9.35. The topological polar surface area (TPSA) is 27.7 Å². The molecule has 5 heteroatoms. The van der Waals surface area contributed by atoms with Gasteiger partial charge in [0.1, 0.15) is 0 Å². The highest BCUT2D eigenvalue weighted by Crippen LogP contribution is 2.30. The third-order valence-electron chi connectivity index (χ3n) is 6.30. The van der Waals surface area contributed by atoms with Crippen LogP contribution in [0.2, 0.25) is 36.3 Å². The van der Waals surface area contributed by atoms with Crippen LogP contribution in [0, 0.1) is 5.92 Å². The van der Waals surface area contributed by atoms with Crippen LogP contribution in [0.1, 0.15) is 48.0 Å². The van der Waals surface area contributed by atoms with Crippen LogP contribution in [-0.4, -0.2) is 42.6 Å². The van der Waals surface area contributed by atoms with Gasteiger partial charge in [-0.25, -0.2) is 0 Å². The Hall–Kier alpha value is 0.314. The second-order valence-corrected chi connectivity index (χ2v) is 16.6. The van der Waals surface area contributed by atoms with Crippen molar-refractivity contribution in [3.05, 3.63) is 0 Å². The van der Waals surface area contributed by atoms with Crippen molar-refractivity contribution in [2.24, 2.45) is 5.92 Å². The number of ether oxygens (including phenoxy) is 1. The van der Waals surface area contributed by atoms with E-state index in [1.165, 1.54) is 36.3 Å². The molecule has 138 valence electrons. The van der Waals surface area contributed by atoms with Crippen LogP contribution in [0.5, 0.6) is 0 Å². The molecule has 0 aromatic heterocycles. The predicted molar refractivity (Wildman–Crippen MR) is 104 cm³/mol. The number of hydrogen-bond acceptors (Lipinski definition) is 3. The van der Waals surface area contributed by atoms with E-state index in [4.69, 9.17) is 13.6 Å². The highest BCUT2D eigenvalue weighted by atomic mass is 28.4. The molecule has 2 atom stereocenters. The average molecular weight is 361 g/mol. The van der Waals surface area contributed by atoms with Crippen molar-refractivity contribution in [3.63, 3.8) is 0 Å². The van der Waals surface area contributed by atoms with Gasteiger partial charge in [0.2, 0.25) is 0 Å². The molecule has 0 aromatic rings. The quantitative estimate of drug-likeness (QED) is 0.434. The SMILES string of the molecule is CC[Si](CC)(CC)OCCC1COCC1O[Si](CC)(CC)CC. The molecule has 1 aliphatic rings. The Bertz CT molecular complexity index is 301. The fourth-order valence-electron chi connectivity index (χ4n) is 3.78. The van der Waals surface area contributed by atoms with Gasteiger partial charge in [-0.05, 0) is 42.7 Å². The zero-order valence-corrected chi connectivity index (χ0v) is 18.5. The molecule has 0 aromatic carbocycles. The Kier molecular flexibility index (Phi) is 9.60. The molecule has 1 aliphatic heterocycles. The van der Waals surface area contributed by atoms with Crippen LogP contribution in [-0.2, 0) is 13.6 Å². The smallest absolute Gasteiger partial charge is 0.192 e. The van der Waals surface area contributed by atoms with Crippen molar-refractivity contribution in [3.8, 4) is 0 Å². The summed E-state index contributed by atoms with van der Waals surface area (Å²) in [6, 6.07) is 7.36. The van der Waals surface area contributed by atoms with Gasteiger partial charge in [-0.15, -0.1) is 0 Å². The van der Waals surface area contributed by atoms with Crippen LogP contribution >= 0.6 is 0 Å². The zero-order valence-electron chi connectivity index (χ0n) is 16.5. The Morgan fingerprint density at radius 2 is 1.30 bits per heavy atom. The van der Waals surface area contributed by atoms with E-state index in [2.05, 4.69) is 41.5 Å². The molecule has 0 saturated carbocycles. The lowest BCUT2D eigenvalue weighted by Gasteiger charge is -2.34. The minimum absolute atomic E-state index is 0.311. The van der Waals surface area contributed by atoms with Crippen molar-refractivity contribution in [1.29, 1.82) is 0 Å². The third kappa shape index (κ3) is 5.67. The lowest BCUT2D eigenvalue weighted by molar-refractivity contribution is 0.123. The van der Waals surface area contributed by atoms with Gasteiger partial charge in [0, 0.05) is 12.5 Å². The molecule has 2 unspecified atom stereocenters. The monoisotopic (exact) mass is 360 g/mol. The molecule has 0 amide bonds. The van der Waals surface area contributed by atoms with Crippen LogP contribution < -0.4 is 0 Å². The summed E-state index contributed by atoms with van der Waals surface area (Å²) in [6.07, 6.45) is 1.41. The van der Waals surface area contributed by atoms with Crippen molar-refractivity contribution in [1.82, 2.24) is 0 Å². The molecule has 0 radical (unpaired) electrons. The Morgan fingerprint density at radius 3 is 1.78 bits per heavy atom. The Balaban J connectivity index is 2.53. The first-order chi connectivity index (χ1) is 11.0. The van der Waals surface area contributed by atoms with E-state index in [0.29, 0.717) is 12.0 Å².